The van der Waals surface area contributed by atoms with Gasteiger partial charge in [-0.25, -0.2) is 4.79 Å². The van der Waals surface area contributed by atoms with Crippen molar-refractivity contribution < 1.29 is 19.1 Å². The Morgan fingerprint density at radius 3 is 2.57 bits per heavy atom. The summed E-state index contributed by atoms with van der Waals surface area (Å²) in [6.45, 7) is 4.67. The minimum absolute atomic E-state index is 0.0361. The first-order chi connectivity index (χ1) is 13.3. The molecule has 1 saturated heterocycles. The molecule has 0 aliphatic carbocycles. The fourth-order valence-corrected chi connectivity index (χ4v) is 3.13. The first kappa shape index (κ1) is 21.7. The van der Waals surface area contributed by atoms with Crippen LogP contribution in [0.3, 0.4) is 0 Å². The number of nitrogens with one attached hydrogen (secondary N) is 3. The third-order valence-corrected chi connectivity index (χ3v) is 4.56. The molecule has 1 aromatic rings. The van der Waals surface area contributed by atoms with Crippen LogP contribution < -0.4 is 21.7 Å². The van der Waals surface area contributed by atoms with Crippen LogP contribution in [0.1, 0.15) is 38.7 Å². The highest BCUT2D eigenvalue weighted by Gasteiger charge is 2.28. The number of nitrogens with two attached hydrogens (primary N) is 1. The molecule has 0 bridgehead atoms. The average molecular weight is 390 g/mol. The van der Waals surface area contributed by atoms with Crippen molar-refractivity contribution in [2.24, 2.45) is 17.6 Å². The predicted molar refractivity (Wildman–Crippen MR) is 105 cm³/mol. The molecule has 5 N–H and O–H groups in total. The molecule has 8 heteroatoms. The Morgan fingerprint density at radius 1 is 1.25 bits per heavy atom. The molecule has 3 atom stereocenters. The molecular weight excluding hydrogens is 360 g/mol. The van der Waals surface area contributed by atoms with Crippen LogP contribution in [0.15, 0.2) is 30.3 Å². The minimum Gasteiger partial charge on any atom is -0.445 e. The van der Waals surface area contributed by atoms with Crippen LogP contribution in [0, 0.1) is 11.8 Å². The maximum absolute atomic E-state index is 12.6. The molecule has 3 amide bonds. The number of benzene rings is 1. The Kier molecular flexibility index (Phi) is 8.25. The van der Waals surface area contributed by atoms with E-state index in [1.807, 2.05) is 44.2 Å². The third-order valence-electron chi connectivity index (χ3n) is 4.56. The molecule has 0 aromatic heterocycles. The Hall–Kier alpha value is -2.61. The normalized spacial score (nSPS) is 18.3. The first-order valence-corrected chi connectivity index (χ1v) is 9.66. The second-order valence-corrected chi connectivity index (χ2v) is 7.52. The van der Waals surface area contributed by atoms with E-state index in [1.165, 1.54) is 0 Å². The number of rotatable bonds is 9. The minimum atomic E-state index is -0.758. The number of hydrogen-bond donors (Lipinski definition) is 4. The monoisotopic (exact) mass is 390 g/mol. The molecule has 1 fully saturated rings. The fraction of sp³-hybridized carbons (Fsp3) is 0.550. The quantitative estimate of drug-likeness (QED) is 0.473. The zero-order valence-corrected chi connectivity index (χ0v) is 16.4. The fourth-order valence-electron chi connectivity index (χ4n) is 3.13. The summed E-state index contributed by atoms with van der Waals surface area (Å²) in [6, 6.07) is 8.54. The maximum Gasteiger partial charge on any atom is 0.408 e. The molecule has 1 aliphatic heterocycles. The van der Waals surface area contributed by atoms with Gasteiger partial charge in [-0.15, -0.1) is 0 Å². The third kappa shape index (κ3) is 7.19. The zero-order valence-electron chi connectivity index (χ0n) is 16.4. The summed E-state index contributed by atoms with van der Waals surface area (Å²) >= 11 is 0. The molecule has 0 saturated carbocycles. The van der Waals surface area contributed by atoms with Crippen molar-refractivity contribution in [1.29, 1.82) is 0 Å². The van der Waals surface area contributed by atoms with Crippen LogP contribution in [0.2, 0.25) is 0 Å². The molecule has 154 valence electrons. The van der Waals surface area contributed by atoms with Crippen LogP contribution in [0.5, 0.6) is 0 Å². The maximum atomic E-state index is 12.6. The van der Waals surface area contributed by atoms with Gasteiger partial charge in [0.25, 0.3) is 0 Å². The predicted octanol–water partition coefficient (Wildman–Crippen LogP) is 1.25. The number of alkyl carbamates (subject to hydrolysis) is 1. The second-order valence-electron chi connectivity index (χ2n) is 7.52. The van der Waals surface area contributed by atoms with E-state index in [1.54, 1.807) is 0 Å². The summed E-state index contributed by atoms with van der Waals surface area (Å²) in [6.07, 6.45) is 0.210. The molecular formula is C20H30N4O4. The molecule has 1 aromatic carbocycles. The Labute approximate surface area is 165 Å². The Balaban J connectivity index is 1.85. The summed E-state index contributed by atoms with van der Waals surface area (Å²) < 4.78 is 5.20. The van der Waals surface area contributed by atoms with Gasteiger partial charge in [-0.2, -0.15) is 0 Å². The van der Waals surface area contributed by atoms with E-state index in [-0.39, 0.29) is 30.3 Å². The van der Waals surface area contributed by atoms with Gasteiger partial charge >= 0.3 is 6.09 Å². The standard InChI is InChI=1S/C20H30N4O4/c1-13(2)10-16(23-20(27)28-12-14-6-4-3-5-7-14)19(26)24-17(21)11-15-8-9-22-18(15)25/h3-7,13,15-17H,8-12,21H2,1-2H3,(H,22,25)(H,23,27)(H,24,26)/t15-,16-,17-/m0/s1. The highest BCUT2D eigenvalue weighted by atomic mass is 16.5. The molecule has 28 heavy (non-hydrogen) atoms. The SMILES string of the molecule is CC(C)C[C@H](NC(=O)OCc1ccccc1)C(=O)N[C@H](N)C[C@@H]1CCNC1=O. The van der Waals surface area contributed by atoms with Crippen molar-refractivity contribution in [3.8, 4) is 0 Å². The van der Waals surface area contributed by atoms with E-state index in [2.05, 4.69) is 16.0 Å². The molecule has 0 radical (unpaired) electrons. The number of ether oxygens (including phenoxy) is 1. The van der Waals surface area contributed by atoms with Gasteiger partial charge in [0.15, 0.2) is 0 Å². The Bertz CT molecular complexity index is 665. The van der Waals surface area contributed by atoms with Gasteiger partial charge < -0.3 is 26.4 Å². The highest BCUT2D eigenvalue weighted by molar-refractivity contribution is 5.86. The van der Waals surface area contributed by atoms with Crippen LogP contribution >= 0.6 is 0 Å². The van der Waals surface area contributed by atoms with Gasteiger partial charge in [0, 0.05) is 12.5 Å². The van der Waals surface area contributed by atoms with Gasteiger partial charge in [-0.3, -0.25) is 9.59 Å². The van der Waals surface area contributed by atoms with Gasteiger partial charge in [0.05, 0.1) is 6.17 Å². The summed E-state index contributed by atoms with van der Waals surface area (Å²) in [5.74, 6) is -0.424. The number of amides is 3. The summed E-state index contributed by atoms with van der Waals surface area (Å²) in [7, 11) is 0. The van der Waals surface area contributed by atoms with Crippen molar-refractivity contribution in [1.82, 2.24) is 16.0 Å². The molecule has 2 rings (SSSR count). The lowest BCUT2D eigenvalue weighted by atomic mass is 10.0. The molecule has 1 heterocycles. The number of hydrogen-bond acceptors (Lipinski definition) is 5. The number of carbonyl (C=O) groups is 3. The van der Waals surface area contributed by atoms with Crippen molar-refractivity contribution in [3.63, 3.8) is 0 Å². The van der Waals surface area contributed by atoms with E-state index in [4.69, 9.17) is 10.5 Å². The summed E-state index contributed by atoms with van der Waals surface area (Å²) in [5, 5.41) is 8.07. The van der Waals surface area contributed by atoms with Crippen molar-refractivity contribution in [3.05, 3.63) is 35.9 Å². The average Bonchev–Trinajstić information content (AvgIpc) is 3.04. The van der Waals surface area contributed by atoms with E-state index in [0.29, 0.717) is 25.8 Å². The van der Waals surface area contributed by atoms with Gasteiger partial charge in [-0.05, 0) is 30.7 Å². The van der Waals surface area contributed by atoms with E-state index < -0.39 is 18.3 Å². The lowest BCUT2D eigenvalue weighted by Gasteiger charge is -2.23. The molecule has 1 aliphatic rings. The first-order valence-electron chi connectivity index (χ1n) is 9.66. The topological polar surface area (TPSA) is 123 Å². The van der Waals surface area contributed by atoms with E-state index >= 15 is 0 Å². The van der Waals surface area contributed by atoms with Gasteiger partial charge in [0.1, 0.15) is 12.6 Å². The smallest absolute Gasteiger partial charge is 0.408 e. The lowest BCUT2D eigenvalue weighted by molar-refractivity contribution is -0.126. The second kappa shape index (κ2) is 10.7. The highest BCUT2D eigenvalue weighted by Crippen LogP contribution is 2.15. The van der Waals surface area contributed by atoms with Gasteiger partial charge in [-0.1, -0.05) is 44.2 Å². The summed E-state index contributed by atoms with van der Waals surface area (Å²) in [5.41, 5.74) is 6.86. The van der Waals surface area contributed by atoms with Crippen molar-refractivity contribution in [2.45, 2.75) is 51.9 Å². The van der Waals surface area contributed by atoms with E-state index in [0.717, 1.165) is 5.56 Å². The molecule has 0 spiro atoms. The van der Waals surface area contributed by atoms with Crippen LogP contribution in [0.4, 0.5) is 4.79 Å². The summed E-state index contributed by atoms with van der Waals surface area (Å²) in [4.78, 5) is 36.4. The number of carbonyl (C=O) groups excluding carboxylic acids is 3. The largest absolute Gasteiger partial charge is 0.445 e. The van der Waals surface area contributed by atoms with Gasteiger partial charge in [0.2, 0.25) is 11.8 Å². The van der Waals surface area contributed by atoms with Crippen LogP contribution in [0.25, 0.3) is 0 Å². The Morgan fingerprint density at radius 2 is 1.96 bits per heavy atom. The lowest BCUT2D eigenvalue weighted by Crippen LogP contribution is -2.53. The van der Waals surface area contributed by atoms with Crippen LogP contribution in [-0.4, -0.2) is 36.7 Å². The molecule has 8 nitrogen and oxygen atoms in total. The molecule has 0 unspecified atom stereocenters. The van der Waals surface area contributed by atoms with Crippen molar-refractivity contribution in [2.75, 3.05) is 6.54 Å². The zero-order chi connectivity index (χ0) is 20.5. The van der Waals surface area contributed by atoms with Crippen molar-refractivity contribution >= 4 is 17.9 Å². The van der Waals surface area contributed by atoms with E-state index in [9.17, 15) is 14.4 Å². The van der Waals surface area contributed by atoms with Crippen LogP contribution in [-0.2, 0) is 20.9 Å².